The lowest BCUT2D eigenvalue weighted by Gasteiger charge is -2.21. The Labute approximate surface area is 202 Å². The molecule has 2 saturated heterocycles. The Kier molecular flexibility index (Phi) is 6.66. The van der Waals surface area contributed by atoms with Gasteiger partial charge in [0.2, 0.25) is 5.95 Å². The summed E-state index contributed by atoms with van der Waals surface area (Å²) in [6.07, 6.45) is 5.99. The van der Waals surface area contributed by atoms with Crippen molar-refractivity contribution in [1.82, 2.24) is 24.8 Å². The predicted octanol–water partition coefficient (Wildman–Crippen LogP) is 4.52. The summed E-state index contributed by atoms with van der Waals surface area (Å²) in [6, 6.07) is 8.46. The molecule has 0 radical (unpaired) electrons. The van der Waals surface area contributed by atoms with Gasteiger partial charge in [-0.2, -0.15) is 0 Å². The molecule has 1 unspecified atom stereocenters. The Balaban J connectivity index is 1.54. The van der Waals surface area contributed by atoms with Gasteiger partial charge >= 0.3 is 0 Å². The van der Waals surface area contributed by atoms with Gasteiger partial charge in [-0.05, 0) is 95.4 Å². The van der Waals surface area contributed by atoms with Crippen LogP contribution in [0.15, 0.2) is 24.3 Å². The number of hydrogen-bond acceptors (Lipinski definition) is 5. The van der Waals surface area contributed by atoms with Crippen LogP contribution in [0.1, 0.15) is 71.0 Å². The van der Waals surface area contributed by atoms with Gasteiger partial charge in [0.1, 0.15) is 0 Å². The van der Waals surface area contributed by atoms with E-state index in [0.717, 1.165) is 48.5 Å². The second-order valence-corrected chi connectivity index (χ2v) is 10.0. The number of amides is 1. The highest BCUT2D eigenvalue weighted by molar-refractivity contribution is 6.04. The zero-order chi connectivity index (χ0) is 23.7. The Hall–Kier alpha value is -2.77. The number of hydrogen-bond donors (Lipinski definition) is 2. The van der Waals surface area contributed by atoms with E-state index in [2.05, 4.69) is 44.1 Å². The van der Waals surface area contributed by atoms with E-state index in [4.69, 9.17) is 4.98 Å². The lowest BCUT2D eigenvalue weighted by atomic mass is 10.1. The number of aromatic nitrogens is 3. The number of aryl methyl sites for hydroxylation is 3. The number of carbonyl (C=O) groups is 1. The third kappa shape index (κ3) is 4.86. The van der Waals surface area contributed by atoms with Gasteiger partial charge in [-0.3, -0.25) is 20.0 Å². The van der Waals surface area contributed by atoms with Gasteiger partial charge in [0.15, 0.2) is 0 Å². The van der Waals surface area contributed by atoms with Crippen LogP contribution in [-0.2, 0) is 6.54 Å². The Morgan fingerprint density at radius 3 is 2.56 bits per heavy atom. The molecule has 2 aromatic heterocycles. The van der Waals surface area contributed by atoms with E-state index in [1.807, 2.05) is 26.0 Å². The fourth-order valence-electron chi connectivity index (χ4n) is 5.60. The standard InChI is InChI=1S/C27H36N6O/c1-18-12-21(17-32-10-6-7-11-32)15-24-25(18)33(23-8-4-5-9-28-16-23)27(30-24)31-26(34)22-13-19(2)29-20(3)14-22/h12-15,23,28H,4-11,16-17H2,1-3H3,(H,30,31,34). The molecule has 2 N–H and O–H groups in total. The van der Waals surface area contributed by atoms with Crippen molar-refractivity contribution < 1.29 is 4.79 Å². The highest BCUT2D eigenvalue weighted by atomic mass is 16.1. The van der Waals surface area contributed by atoms with Gasteiger partial charge in [-0.1, -0.05) is 12.5 Å². The molecule has 2 aliphatic heterocycles. The largest absolute Gasteiger partial charge is 0.315 e. The SMILES string of the molecule is Cc1cc(C(=O)Nc2nc3cc(CN4CCCC4)cc(C)c3n2C2CCCCNC2)cc(C)n1. The summed E-state index contributed by atoms with van der Waals surface area (Å²) >= 11 is 0. The van der Waals surface area contributed by atoms with Crippen LogP contribution in [0, 0.1) is 20.8 Å². The van der Waals surface area contributed by atoms with Gasteiger partial charge in [0.05, 0.1) is 11.0 Å². The summed E-state index contributed by atoms with van der Waals surface area (Å²) in [4.78, 5) is 25.2. The zero-order valence-corrected chi connectivity index (χ0v) is 20.7. The van der Waals surface area contributed by atoms with Crippen LogP contribution >= 0.6 is 0 Å². The van der Waals surface area contributed by atoms with Crippen molar-refractivity contribution in [2.45, 2.75) is 65.5 Å². The first kappa shape index (κ1) is 23.0. The summed E-state index contributed by atoms with van der Waals surface area (Å²) in [5.74, 6) is 0.504. The Morgan fingerprint density at radius 1 is 1.03 bits per heavy atom. The summed E-state index contributed by atoms with van der Waals surface area (Å²) in [7, 11) is 0. The lowest BCUT2D eigenvalue weighted by molar-refractivity contribution is 0.102. The smallest absolute Gasteiger partial charge is 0.258 e. The first-order chi connectivity index (χ1) is 16.5. The van der Waals surface area contributed by atoms with Crippen molar-refractivity contribution >= 4 is 22.9 Å². The maximum atomic E-state index is 13.3. The van der Waals surface area contributed by atoms with Crippen LogP contribution in [0.3, 0.4) is 0 Å². The molecule has 0 aliphatic carbocycles. The Bertz CT molecular complexity index is 1170. The minimum Gasteiger partial charge on any atom is -0.315 e. The monoisotopic (exact) mass is 460 g/mol. The normalized spacial score (nSPS) is 19.4. The van der Waals surface area contributed by atoms with Crippen molar-refractivity contribution in [2.24, 2.45) is 0 Å². The average molecular weight is 461 g/mol. The lowest BCUT2D eigenvalue weighted by Crippen LogP contribution is -2.26. The van der Waals surface area contributed by atoms with E-state index < -0.39 is 0 Å². The van der Waals surface area contributed by atoms with Crippen LogP contribution in [0.25, 0.3) is 11.0 Å². The average Bonchev–Trinajstić information content (AvgIpc) is 3.33. The quantitative estimate of drug-likeness (QED) is 0.586. The van der Waals surface area contributed by atoms with Crippen LogP contribution < -0.4 is 10.6 Å². The zero-order valence-electron chi connectivity index (χ0n) is 20.7. The summed E-state index contributed by atoms with van der Waals surface area (Å²) < 4.78 is 2.28. The maximum Gasteiger partial charge on any atom is 0.258 e. The highest BCUT2D eigenvalue weighted by Crippen LogP contribution is 2.32. The third-order valence-corrected chi connectivity index (χ3v) is 7.10. The van der Waals surface area contributed by atoms with Crippen LogP contribution in [-0.4, -0.2) is 51.5 Å². The molecule has 1 amide bonds. The van der Waals surface area contributed by atoms with Gasteiger partial charge in [0.25, 0.3) is 5.91 Å². The molecule has 4 heterocycles. The molecular formula is C27H36N6O. The van der Waals surface area contributed by atoms with Crippen molar-refractivity contribution in [1.29, 1.82) is 0 Å². The van der Waals surface area contributed by atoms with Crippen molar-refractivity contribution in [3.63, 3.8) is 0 Å². The molecule has 1 atom stereocenters. The van der Waals surface area contributed by atoms with Gasteiger partial charge in [-0.25, -0.2) is 4.98 Å². The number of benzene rings is 1. The molecule has 0 saturated carbocycles. The predicted molar refractivity (Wildman–Crippen MR) is 136 cm³/mol. The number of rotatable bonds is 5. The highest BCUT2D eigenvalue weighted by Gasteiger charge is 2.24. The van der Waals surface area contributed by atoms with E-state index in [0.29, 0.717) is 11.5 Å². The first-order valence-corrected chi connectivity index (χ1v) is 12.7. The third-order valence-electron chi connectivity index (χ3n) is 7.10. The van der Waals surface area contributed by atoms with E-state index in [1.165, 1.54) is 49.9 Å². The molecule has 7 heteroatoms. The molecular weight excluding hydrogens is 424 g/mol. The molecule has 0 bridgehead atoms. The summed E-state index contributed by atoms with van der Waals surface area (Å²) in [5.41, 5.74) is 6.93. The maximum absolute atomic E-state index is 13.3. The second-order valence-electron chi connectivity index (χ2n) is 10.0. The molecule has 2 fully saturated rings. The molecule has 2 aliphatic rings. The molecule has 3 aromatic rings. The van der Waals surface area contributed by atoms with Crippen molar-refractivity contribution in [3.8, 4) is 0 Å². The second kappa shape index (κ2) is 9.84. The number of anilines is 1. The van der Waals surface area contributed by atoms with Crippen LogP contribution in [0.4, 0.5) is 5.95 Å². The number of carbonyl (C=O) groups excluding carboxylic acids is 1. The van der Waals surface area contributed by atoms with E-state index in [-0.39, 0.29) is 11.9 Å². The van der Waals surface area contributed by atoms with Gasteiger partial charge < -0.3 is 9.88 Å². The molecule has 180 valence electrons. The number of nitrogens with zero attached hydrogens (tertiary/aromatic N) is 4. The van der Waals surface area contributed by atoms with E-state index in [1.54, 1.807) is 0 Å². The fraction of sp³-hybridized carbons (Fsp3) is 0.519. The minimum absolute atomic E-state index is 0.137. The molecule has 0 spiro atoms. The topological polar surface area (TPSA) is 75.1 Å². The Morgan fingerprint density at radius 2 is 1.79 bits per heavy atom. The number of likely N-dealkylation sites (tertiary alicyclic amines) is 1. The summed E-state index contributed by atoms with van der Waals surface area (Å²) in [6.45, 7) is 11.3. The number of fused-ring (bicyclic) bond motifs is 1. The molecule has 7 nitrogen and oxygen atoms in total. The molecule has 34 heavy (non-hydrogen) atoms. The molecule has 1 aromatic carbocycles. The van der Waals surface area contributed by atoms with E-state index in [9.17, 15) is 4.79 Å². The fourth-order valence-corrected chi connectivity index (χ4v) is 5.60. The molecule has 5 rings (SSSR count). The summed E-state index contributed by atoms with van der Waals surface area (Å²) in [5, 5.41) is 6.74. The minimum atomic E-state index is -0.137. The van der Waals surface area contributed by atoms with Crippen molar-refractivity contribution in [3.05, 3.63) is 52.3 Å². The van der Waals surface area contributed by atoms with Crippen molar-refractivity contribution in [2.75, 3.05) is 31.5 Å². The number of nitrogens with one attached hydrogen (secondary N) is 2. The van der Waals surface area contributed by atoms with Crippen LogP contribution in [0.2, 0.25) is 0 Å². The number of imidazole rings is 1. The number of pyridine rings is 1. The van der Waals surface area contributed by atoms with E-state index >= 15 is 0 Å². The van der Waals surface area contributed by atoms with Gasteiger partial charge in [0, 0.05) is 36.1 Å². The van der Waals surface area contributed by atoms with Gasteiger partial charge in [-0.15, -0.1) is 0 Å². The first-order valence-electron chi connectivity index (χ1n) is 12.7. The van der Waals surface area contributed by atoms with Crippen LogP contribution in [0.5, 0.6) is 0 Å².